The summed E-state index contributed by atoms with van der Waals surface area (Å²) in [5, 5.41) is 2.60. The summed E-state index contributed by atoms with van der Waals surface area (Å²) in [5.41, 5.74) is -0.398. The van der Waals surface area contributed by atoms with E-state index in [9.17, 15) is 22.8 Å². The maximum Gasteiger partial charge on any atom is 0.225 e. The second kappa shape index (κ2) is 8.37. The Bertz CT molecular complexity index is 881. The van der Waals surface area contributed by atoms with Gasteiger partial charge in [0.15, 0.2) is 17.5 Å². The first-order valence-corrected chi connectivity index (χ1v) is 8.86. The van der Waals surface area contributed by atoms with Crippen molar-refractivity contribution < 1.29 is 22.8 Å². The van der Waals surface area contributed by atoms with E-state index in [1.165, 1.54) is 13.1 Å². The van der Waals surface area contributed by atoms with Gasteiger partial charge in [-0.25, -0.2) is 18.2 Å². The number of hydrogen-bond acceptors (Lipinski definition) is 4. The number of benzene rings is 1. The lowest BCUT2D eigenvalue weighted by molar-refractivity contribution is -0.130. The first-order valence-electron chi connectivity index (χ1n) is 8.86. The van der Waals surface area contributed by atoms with E-state index in [1.54, 1.807) is 4.90 Å². The lowest BCUT2D eigenvalue weighted by atomic mass is 9.93. The van der Waals surface area contributed by atoms with Crippen LogP contribution in [0.5, 0.6) is 0 Å². The summed E-state index contributed by atoms with van der Waals surface area (Å²) < 4.78 is 40.4. The second-order valence-corrected chi connectivity index (χ2v) is 6.74. The Kier molecular flexibility index (Phi) is 5.91. The number of hydrogen-bond donors (Lipinski definition) is 1. The van der Waals surface area contributed by atoms with Crippen LogP contribution in [-0.4, -0.2) is 39.8 Å². The van der Waals surface area contributed by atoms with Crippen molar-refractivity contribution in [2.24, 2.45) is 5.92 Å². The monoisotopic (exact) mass is 392 g/mol. The molecule has 6 nitrogen and oxygen atoms in total. The Hall–Kier alpha value is -2.97. The number of nitrogens with zero attached hydrogens (tertiary/aromatic N) is 3. The maximum absolute atomic E-state index is 13.8. The van der Waals surface area contributed by atoms with E-state index in [4.69, 9.17) is 0 Å². The smallest absolute Gasteiger partial charge is 0.225 e. The number of carbonyl (C=O) groups excluding carboxylic acids is 2. The molecule has 0 aliphatic carbocycles. The van der Waals surface area contributed by atoms with Crippen molar-refractivity contribution >= 4 is 17.6 Å². The number of halogens is 3. The predicted molar refractivity (Wildman–Crippen MR) is 95.6 cm³/mol. The molecule has 1 fully saturated rings. The summed E-state index contributed by atoms with van der Waals surface area (Å²) in [6.45, 7) is 2.80. The SMILES string of the molecule is CC(=O)N1CCC(CC(=O)Nc2cnc(-c3cc(F)cc(F)c3F)cn2)CC1. The molecule has 0 radical (unpaired) electrons. The Balaban J connectivity index is 1.59. The molecule has 9 heteroatoms. The van der Waals surface area contributed by atoms with Crippen molar-refractivity contribution in [2.75, 3.05) is 18.4 Å². The lowest BCUT2D eigenvalue weighted by Gasteiger charge is -2.30. The Morgan fingerprint density at radius 1 is 1.14 bits per heavy atom. The van der Waals surface area contributed by atoms with Crippen LogP contribution in [0.1, 0.15) is 26.2 Å². The average molecular weight is 392 g/mol. The number of carbonyl (C=O) groups is 2. The van der Waals surface area contributed by atoms with Gasteiger partial charge in [0.2, 0.25) is 11.8 Å². The molecule has 1 saturated heterocycles. The molecule has 0 atom stereocenters. The highest BCUT2D eigenvalue weighted by atomic mass is 19.2. The molecule has 2 heterocycles. The van der Waals surface area contributed by atoms with Gasteiger partial charge in [-0.05, 0) is 24.8 Å². The van der Waals surface area contributed by atoms with E-state index < -0.39 is 17.5 Å². The van der Waals surface area contributed by atoms with Crippen LogP contribution in [0.2, 0.25) is 0 Å². The van der Waals surface area contributed by atoms with Crippen LogP contribution in [0.4, 0.5) is 19.0 Å². The number of likely N-dealkylation sites (tertiary alicyclic amines) is 1. The first-order chi connectivity index (χ1) is 13.3. The quantitative estimate of drug-likeness (QED) is 0.812. The molecule has 0 spiro atoms. The summed E-state index contributed by atoms with van der Waals surface area (Å²) in [6.07, 6.45) is 4.13. The molecule has 1 aliphatic rings. The molecule has 1 aromatic carbocycles. The van der Waals surface area contributed by atoms with E-state index in [0.29, 0.717) is 25.6 Å². The highest BCUT2D eigenvalue weighted by molar-refractivity contribution is 5.89. The summed E-state index contributed by atoms with van der Waals surface area (Å²) in [7, 11) is 0. The number of rotatable bonds is 4. The topological polar surface area (TPSA) is 75.2 Å². The number of amides is 2. The molecule has 1 aromatic heterocycles. The van der Waals surface area contributed by atoms with Crippen molar-refractivity contribution in [1.29, 1.82) is 0 Å². The molecule has 0 bridgehead atoms. The summed E-state index contributed by atoms with van der Waals surface area (Å²) in [5.74, 6) is -3.34. The van der Waals surface area contributed by atoms with Crippen molar-refractivity contribution in [3.63, 3.8) is 0 Å². The fourth-order valence-corrected chi connectivity index (χ4v) is 3.18. The van der Waals surface area contributed by atoms with E-state index in [0.717, 1.165) is 25.1 Å². The molecule has 0 saturated carbocycles. The third-order valence-electron chi connectivity index (χ3n) is 4.72. The fourth-order valence-electron chi connectivity index (χ4n) is 3.18. The molecule has 1 N–H and O–H groups in total. The fraction of sp³-hybridized carbons (Fsp3) is 0.368. The van der Waals surface area contributed by atoms with Crippen LogP contribution >= 0.6 is 0 Å². The van der Waals surface area contributed by atoms with Gasteiger partial charge in [-0.2, -0.15) is 0 Å². The molecule has 0 unspecified atom stereocenters. The van der Waals surface area contributed by atoms with Gasteiger partial charge in [0, 0.05) is 38.1 Å². The first kappa shape index (κ1) is 19.8. The predicted octanol–water partition coefficient (Wildman–Crippen LogP) is 3.15. The minimum atomic E-state index is -1.31. The van der Waals surface area contributed by atoms with Gasteiger partial charge in [0.05, 0.1) is 18.1 Å². The van der Waals surface area contributed by atoms with Crippen molar-refractivity contribution in [1.82, 2.24) is 14.9 Å². The van der Waals surface area contributed by atoms with Crippen molar-refractivity contribution in [2.45, 2.75) is 26.2 Å². The highest BCUT2D eigenvalue weighted by Crippen LogP contribution is 2.24. The molecule has 28 heavy (non-hydrogen) atoms. The van der Waals surface area contributed by atoms with Gasteiger partial charge in [0.25, 0.3) is 0 Å². The zero-order chi connectivity index (χ0) is 20.3. The maximum atomic E-state index is 13.8. The third-order valence-corrected chi connectivity index (χ3v) is 4.72. The normalized spacial score (nSPS) is 14.8. The third kappa shape index (κ3) is 4.65. The molecule has 148 valence electrons. The van der Waals surface area contributed by atoms with Gasteiger partial charge in [0.1, 0.15) is 5.82 Å². The molecular weight excluding hydrogens is 373 g/mol. The van der Waals surface area contributed by atoms with E-state index in [1.807, 2.05) is 0 Å². The lowest BCUT2D eigenvalue weighted by Crippen LogP contribution is -2.37. The minimum Gasteiger partial charge on any atom is -0.343 e. The molecular formula is C19H19F3N4O2. The standard InChI is InChI=1S/C19H19F3N4O2/c1-11(27)26-4-2-12(3-5-26)6-18(28)25-17-10-23-16(9-24-17)14-7-13(20)8-15(21)19(14)22/h7-10,12H,2-6H2,1H3,(H,24,25,28). The molecule has 2 aromatic rings. The zero-order valence-electron chi connectivity index (χ0n) is 15.2. The molecule has 2 amide bonds. The largest absolute Gasteiger partial charge is 0.343 e. The van der Waals surface area contributed by atoms with Gasteiger partial charge in [-0.3, -0.25) is 14.6 Å². The number of aromatic nitrogens is 2. The van der Waals surface area contributed by atoms with E-state index in [2.05, 4.69) is 15.3 Å². The van der Waals surface area contributed by atoms with Crippen LogP contribution < -0.4 is 5.32 Å². The molecule has 3 rings (SSSR count). The van der Waals surface area contributed by atoms with Crippen LogP contribution in [-0.2, 0) is 9.59 Å². The van der Waals surface area contributed by atoms with Gasteiger partial charge < -0.3 is 10.2 Å². The number of piperidine rings is 1. The zero-order valence-corrected chi connectivity index (χ0v) is 15.2. The summed E-state index contributed by atoms with van der Waals surface area (Å²) in [4.78, 5) is 33.1. The molecule has 1 aliphatic heterocycles. The minimum absolute atomic E-state index is 0.0351. The van der Waals surface area contributed by atoms with E-state index in [-0.39, 0.29) is 34.8 Å². The second-order valence-electron chi connectivity index (χ2n) is 6.74. The Labute approximate surface area is 159 Å². The van der Waals surface area contributed by atoms with Crippen LogP contribution in [0.25, 0.3) is 11.3 Å². The highest BCUT2D eigenvalue weighted by Gasteiger charge is 2.23. The summed E-state index contributed by atoms with van der Waals surface area (Å²) >= 11 is 0. The van der Waals surface area contributed by atoms with E-state index >= 15 is 0 Å². The van der Waals surface area contributed by atoms with Gasteiger partial charge in [-0.1, -0.05) is 0 Å². The number of anilines is 1. The van der Waals surface area contributed by atoms with Crippen LogP contribution in [0.15, 0.2) is 24.5 Å². The van der Waals surface area contributed by atoms with Gasteiger partial charge in [-0.15, -0.1) is 0 Å². The number of nitrogens with one attached hydrogen (secondary N) is 1. The summed E-state index contributed by atoms with van der Waals surface area (Å²) in [6, 6.07) is 1.27. The van der Waals surface area contributed by atoms with Gasteiger partial charge >= 0.3 is 0 Å². The van der Waals surface area contributed by atoms with Crippen molar-refractivity contribution in [3.8, 4) is 11.3 Å². The van der Waals surface area contributed by atoms with Crippen LogP contribution in [0.3, 0.4) is 0 Å². The Morgan fingerprint density at radius 3 is 2.46 bits per heavy atom. The van der Waals surface area contributed by atoms with Crippen LogP contribution in [0, 0.1) is 23.4 Å². The average Bonchev–Trinajstić information content (AvgIpc) is 2.65. The van der Waals surface area contributed by atoms with Crippen molar-refractivity contribution in [3.05, 3.63) is 42.0 Å². The Morgan fingerprint density at radius 2 is 1.86 bits per heavy atom.